The van der Waals surface area contributed by atoms with Gasteiger partial charge in [0, 0.05) is 6.61 Å². The van der Waals surface area contributed by atoms with E-state index in [1.165, 1.54) is 0 Å². The molecule has 0 heterocycles. The SMILES string of the molecule is CCO.O=C(O)CC(O)(CC(=O)O)C(=O)O.O=P(O)(O)O. The summed E-state index contributed by atoms with van der Waals surface area (Å²) >= 11 is 0. The summed E-state index contributed by atoms with van der Waals surface area (Å²) in [5.41, 5.74) is -2.74. The van der Waals surface area contributed by atoms with E-state index in [0.717, 1.165) is 0 Å². The van der Waals surface area contributed by atoms with Gasteiger partial charge in [-0.1, -0.05) is 0 Å². The molecule has 0 aliphatic rings. The van der Waals surface area contributed by atoms with E-state index in [0.29, 0.717) is 0 Å². The molecule has 0 saturated carbocycles. The normalized spacial score (nSPS) is 10.4. The Morgan fingerprint density at radius 2 is 1.14 bits per heavy atom. The third-order valence-electron chi connectivity index (χ3n) is 1.29. The van der Waals surface area contributed by atoms with Crippen LogP contribution in [0, 0.1) is 0 Å². The summed E-state index contributed by atoms with van der Waals surface area (Å²) < 4.78 is 8.88. The quantitative estimate of drug-likeness (QED) is 0.250. The predicted octanol–water partition coefficient (Wildman–Crippen LogP) is -2.18. The minimum Gasteiger partial charge on any atom is -0.481 e. The van der Waals surface area contributed by atoms with Crippen LogP contribution in [0.4, 0.5) is 0 Å². The minimum atomic E-state index is -4.64. The number of carbonyl (C=O) groups is 3. The van der Waals surface area contributed by atoms with Gasteiger partial charge in [-0.2, -0.15) is 0 Å². The third kappa shape index (κ3) is 23.9. The lowest BCUT2D eigenvalue weighted by molar-refractivity contribution is -0.170. The topological polar surface area (TPSA) is 230 Å². The van der Waals surface area contributed by atoms with Crippen LogP contribution >= 0.6 is 7.82 Å². The smallest absolute Gasteiger partial charge is 0.466 e. The van der Waals surface area contributed by atoms with E-state index in [2.05, 4.69) is 0 Å². The molecule has 0 atom stereocenters. The Kier molecular flexibility index (Phi) is 13.0. The fraction of sp³-hybridized carbons (Fsp3) is 0.625. The van der Waals surface area contributed by atoms with Crippen LogP contribution < -0.4 is 0 Å². The second-order valence-corrected chi connectivity index (χ2v) is 4.33. The van der Waals surface area contributed by atoms with Crippen LogP contribution in [0.3, 0.4) is 0 Å². The standard InChI is InChI=1S/C6H8O7.C2H6O.H3O4P/c7-3(8)1-6(13,5(11)12)2-4(9)10;1-2-3;1-5(2,3)4/h13H,1-2H2,(H,7,8)(H,9,10)(H,11,12);3H,2H2,1H3;(H3,1,2,3,4). The number of phosphoric acid groups is 1. The summed E-state index contributed by atoms with van der Waals surface area (Å²) in [6, 6.07) is 0. The molecule has 0 spiro atoms. The maximum Gasteiger partial charge on any atom is 0.466 e. The van der Waals surface area contributed by atoms with E-state index in [1.807, 2.05) is 0 Å². The Morgan fingerprint density at radius 3 is 1.24 bits per heavy atom. The van der Waals surface area contributed by atoms with Gasteiger partial charge in [0.15, 0.2) is 5.60 Å². The minimum absolute atomic E-state index is 0.250. The van der Waals surface area contributed by atoms with Gasteiger partial charge in [0.2, 0.25) is 0 Å². The van der Waals surface area contributed by atoms with Crippen molar-refractivity contribution in [3.63, 3.8) is 0 Å². The molecule has 0 saturated heterocycles. The average Bonchev–Trinajstić information content (AvgIpc) is 2.12. The lowest BCUT2D eigenvalue weighted by Crippen LogP contribution is -2.42. The Labute approximate surface area is 118 Å². The molecule has 0 radical (unpaired) electrons. The van der Waals surface area contributed by atoms with E-state index >= 15 is 0 Å². The van der Waals surface area contributed by atoms with E-state index in [1.54, 1.807) is 6.92 Å². The van der Waals surface area contributed by atoms with Gasteiger partial charge in [-0.15, -0.1) is 0 Å². The number of carboxylic acid groups (broad SMARTS) is 3. The average molecular weight is 336 g/mol. The van der Waals surface area contributed by atoms with Crippen molar-refractivity contribution in [2.24, 2.45) is 0 Å². The number of hydrogen-bond acceptors (Lipinski definition) is 6. The van der Waals surface area contributed by atoms with Crippen molar-refractivity contribution in [2.75, 3.05) is 6.61 Å². The molecule has 0 aromatic heterocycles. The first-order valence-electron chi connectivity index (χ1n) is 4.98. The maximum atomic E-state index is 10.3. The molecule has 0 aromatic carbocycles. The van der Waals surface area contributed by atoms with Crippen LogP contribution in [0.2, 0.25) is 0 Å². The van der Waals surface area contributed by atoms with Crippen molar-refractivity contribution in [1.82, 2.24) is 0 Å². The van der Waals surface area contributed by atoms with Gasteiger partial charge in [-0.25, -0.2) is 9.36 Å². The molecule has 0 aromatic rings. The first-order valence-corrected chi connectivity index (χ1v) is 6.54. The van der Waals surface area contributed by atoms with Crippen LogP contribution in [-0.2, 0) is 18.9 Å². The molecule has 13 heteroatoms. The van der Waals surface area contributed by atoms with Crippen molar-refractivity contribution >= 4 is 25.7 Å². The van der Waals surface area contributed by atoms with Crippen molar-refractivity contribution in [3.05, 3.63) is 0 Å². The van der Waals surface area contributed by atoms with Crippen LogP contribution in [0.5, 0.6) is 0 Å². The highest BCUT2D eigenvalue weighted by Crippen LogP contribution is 2.25. The van der Waals surface area contributed by atoms with Crippen molar-refractivity contribution in [3.8, 4) is 0 Å². The first-order chi connectivity index (χ1) is 9.19. The Hall–Kier alpha value is -1.56. The molecule has 0 amide bonds. The van der Waals surface area contributed by atoms with Crippen LogP contribution in [0.1, 0.15) is 19.8 Å². The predicted molar refractivity (Wildman–Crippen MR) is 64.1 cm³/mol. The van der Waals surface area contributed by atoms with E-state index < -0.39 is 44.2 Å². The zero-order valence-corrected chi connectivity index (χ0v) is 11.7. The lowest BCUT2D eigenvalue weighted by Gasteiger charge is -2.18. The van der Waals surface area contributed by atoms with Crippen LogP contribution in [0.25, 0.3) is 0 Å². The van der Waals surface area contributed by atoms with Gasteiger partial charge in [0.1, 0.15) is 0 Å². The van der Waals surface area contributed by atoms with Crippen molar-refractivity contribution in [1.29, 1.82) is 0 Å². The maximum absolute atomic E-state index is 10.3. The summed E-state index contributed by atoms with van der Waals surface area (Å²) in [4.78, 5) is 52.0. The number of hydrogen-bond donors (Lipinski definition) is 8. The van der Waals surface area contributed by atoms with Gasteiger partial charge in [0.05, 0.1) is 12.8 Å². The fourth-order valence-corrected chi connectivity index (χ4v) is 0.714. The fourth-order valence-electron chi connectivity index (χ4n) is 0.714. The number of rotatable bonds is 5. The molecule has 0 rings (SSSR count). The number of aliphatic hydroxyl groups is 2. The highest BCUT2D eigenvalue weighted by Gasteiger charge is 2.40. The Bertz CT molecular complexity index is 360. The van der Waals surface area contributed by atoms with Crippen molar-refractivity contribution < 1.29 is 59.2 Å². The van der Waals surface area contributed by atoms with Gasteiger partial charge in [0.25, 0.3) is 0 Å². The highest BCUT2D eigenvalue weighted by atomic mass is 31.2. The third-order valence-corrected chi connectivity index (χ3v) is 1.29. The number of aliphatic hydroxyl groups excluding tert-OH is 1. The largest absolute Gasteiger partial charge is 0.481 e. The molecule has 126 valence electrons. The molecule has 0 aliphatic carbocycles. The Balaban J connectivity index is -0.000000335. The zero-order valence-electron chi connectivity index (χ0n) is 10.8. The molecule has 0 fully saturated rings. The molecule has 0 bridgehead atoms. The van der Waals surface area contributed by atoms with Gasteiger partial charge in [-0.05, 0) is 6.92 Å². The zero-order chi connectivity index (χ0) is 17.9. The number of aliphatic carboxylic acids is 3. The van der Waals surface area contributed by atoms with Crippen LogP contribution in [0.15, 0.2) is 0 Å². The molecular weight excluding hydrogens is 319 g/mol. The molecule has 0 aliphatic heterocycles. The van der Waals surface area contributed by atoms with Gasteiger partial charge >= 0.3 is 25.7 Å². The summed E-state index contributed by atoms with van der Waals surface area (Å²) in [5, 5.41) is 41.4. The van der Waals surface area contributed by atoms with Gasteiger partial charge in [-0.3, -0.25) is 9.59 Å². The molecule has 12 nitrogen and oxygen atoms in total. The Morgan fingerprint density at radius 1 is 0.952 bits per heavy atom. The summed E-state index contributed by atoms with van der Waals surface area (Å²) in [7, 11) is -4.64. The molecule has 0 unspecified atom stereocenters. The lowest BCUT2D eigenvalue weighted by atomic mass is 9.96. The highest BCUT2D eigenvalue weighted by molar-refractivity contribution is 7.45. The molecule has 21 heavy (non-hydrogen) atoms. The van der Waals surface area contributed by atoms with Gasteiger partial charge < -0.3 is 40.2 Å². The summed E-state index contributed by atoms with van der Waals surface area (Å²) in [6.07, 6.45) is -2.29. The summed E-state index contributed by atoms with van der Waals surface area (Å²) in [5.74, 6) is -5.02. The summed E-state index contributed by atoms with van der Waals surface area (Å²) in [6.45, 7) is 1.93. The number of carboxylic acids is 3. The van der Waals surface area contributed by atoms with E-state index in [-0.39, 0.29) is 6.61 Å². The molecular formula is C8H17O12P. The first kappa shape index (κ1) is 24.5. The van der Waals surface area contributed by atoms with E-state index in [4.69, 9.17) is 44.8 Å². The molecule has 8 N–H and O–H groups in total. The van der Waals surface area contributed by atoms with E-state index in [9.17, 15) is 14.4 Å². The van der Waals surface area contributed by atoms with Crippen LogP contribution in [-0.4, -0.2) is 70.3 Å². The monoisotopic (exact) mass is 336 g/mol. The van der Waals surface area contributed by atoms with Crippen molar-refractivity contribution in [2.45, 2.75) is 25.4 Å². The second kappa shape index (κ2) is 11.1. The second-order valence-electron chi connectivity index (χ2n) is 3.31.